The summed E-state index contributed by atoms with van der Waals surface area (Å²) in [6, 6.07) is 5.18. The fourth-order valence-electron chi connectivity index (χ4n) is 4.34. The summed E-state index contributed by atoms with van der Waals surface area (Å²) < 4.78 is 31.9. The molecule has 0 saturated carbocycles. The van der Waals surface area contributed by atoms with Gasteiger partial charge in [-0.2, -0.15) is 4.98 Å². The normalized spacial score (nSPS) is 26.4. The number of aromatic nitrogens is 3. The van der Waals surface area contributed by atoms with Gasteiger partial charge in [-0.3, -0.25) is 15.0 Å². The van der Waals surface area contributed by atoms with Gasteiger partial charge in [0.2, 0.25) is 5.91 Å². The number of hydrogen-bond acceptors (Lipinski definition) is 8. The van der Waals surface area contributed by atoms with Crippen LogP contribution in [0.5, 0.6) is 6.01 Å². The van der Waals surface area contributed by atoms with Crippen LogP contribution in [0.3, 0.4) is 0 Å². The zero-order chi connectivity index (χ0) is 23.6. The third-order valence-electron chi connectivity index (χ3n) is 5.96. The van der Waals surface area contributed by atoms with Gasteiger partial charge in [0.25, 0.3) is 6.01 Å². The van der Waals surface area contributed by atoms with Crippen LogP contribution in [0.4, 0.5) is 14.9 Å². The number of halogens is 2. The number of hydrogen-bond donors (Lipinski definition) is 3. The van der Waals surface area contributed by atoms with Crippen LogP contribution < -0.4 is 15.0 Å². The molecule has 3 aliphatic rings. The molecule has 3 aromatic rings. The van der Waals surface area contributed by atoms with E-state index < -0.39 is 42.2 Å². The number of H-pyrrole nitrogens is 1. The topological polar surface area (TPSA) is 139 Å². The third kappa shape index (κ3) is 3.46. The first-order valence-electron chi connectivity index (χ1n) is 10.4. The largest absolute Gasteiger partial charge is 0.456 e. The summed E-state index contributed by atoms with van der Waals surface area (Å²) in [6.07, 6.45) is -2.00. The van der Waals surface area contributed by atoms with Crippen molar-refractivity contribution in [2.24, 2.45) is 0 Å². The molecule has 4 atom stereocenters. The highest BCUT2D eigenvalue weighted by molar-refractivity contribution is 6.33. The molecule has 3 fully saturated rings. The van der Waals surface area contributed by atoms with Gasteiger partial charge in [0.05, 0.1) is 29.4 Å². The number of imide groups is 1. The van der Waals surface area contributed by atoms with E-state index in [1.54, 1.807) is 6.07 Å². The number of anilines is 1. The summed E-state index contributed by atoms with van der Waals surface area (Å²) >= 11 is 6.38. The molecule has 0 unspecified atom stereocenters. The maximum Gasteiger partial charge on any atom is 0.329 e. The minimum atomic E-state index is -0.695. The van der Waals surface area contributed by atoms with Crippen LogP contribution in [-0.4, -0.2) is 76.2 Å². The highest BCUT2D eigenvalue weighted by Gasteiger charge is 2.48. The predicted octanol–water partition coefficient (Wildman–Crippen LogP) is 1.38. The average Bonchev–Trinajstić information content (AvgIpc) is 3.54. The Bertz CT molecular complexity index is 1330. The highest BCUT2D eigenvalue weighted by atomic mass is 35.5. The third-order valence-corrected chi connectivity index (χ3v) is 6.25. The molecular weight excluding hydrogens is 473 g/mol. The van der Waals surface area contributed by atoms with Crippen LogP contribution in [0.2, 0.25) is 5.02 Å². The Morgan fingerprint density at radius 2 is 2.00 bits per heavy atom. The molecule has 0 radical (unpaired) electrons. The minimum absolute atomic E-state index is 0.104. The van der Waals surface area contributed by atoms with Crippen LogP contribution in [0.1, 0.15) is 0 Å². The lowest BCUT2D eigenvalue weighted by atomic mass is 10.1. The number of ether oxygens (including phenoxy) is 3. The zero-order valence-electron chi connectivity index (χ0n) is 17.3. The van der Waals surface area contributed by atoms with Gasteiger partial charge in [-0.1, -0.05) is 11.6 Å². The number of pyridine rings is 1. The maximum atomic E-state index is 15.0. The molecule has 34 heavy (non-hydrogen) atoms. The number of benzene rings is 1. The Labute approximate surface area is 195 Å². The van der Waals surface area contributed by atoms with Gasteiger partial charge >= 0.3 is 6.03 Å². The summed E-state index contributed by atoms with van der Waals surface area (Å²) in [6.45, 7) is 0.232. The fourth-order valence-corrected chi connectivity index (χ4v) is 4.60. The van der Waals surface area contributed by atoms with Crippen LogP contribution in [-0.2, 0) is 14.3 Å². The molecule has 13 heteroatoms. The van der Waals surface area contributed by atoms with Crippen molar-refractivity contribution in [2.45, 2.75) is 24.4 Å². The number of imidazole rings is 1. The number of rotatable bonds is 4. The number of carbonyl (C=O) groups excluding carboxylic acids is 2. The highest BCUT2D eigenvalue weighted by Crippen LogP contribution is 2.34. The van der Waals surface area contributed by atoms with Crippen LogP contribution in [0, 0.1) is 5.82 Å². The van der Waals surface area contributed by atoms with Crippen molar-refractivity contribution in [1.29, 1.82) is 0 Å². The van der Waals surface area contributed by atoms with Gasteiger partial charge in [0.1, 0.15) is 30.7 Å². The van der Waals surface area contributed by atoms with E-state index in [4.69, 9.17) is 25.8 Å². The number of nitrogens with zero attached hydrogens (tertiary/aromatic N) is 3. The van der Waals surface area contributed by atoms with Crippen LogP contribution >= 0.6 is 11.6 Å². The second-order valence-electron chi connectivity index (χ2n) is 8.16. The summed E-state index contributed by atoms with van der Waals surface area (Å²) in [5, 5.41) is 12.2. The lowest BCUT2D eigenvalue weighted by Gasteiger charge is -2.15. The van der Waals surface area contributed by atoms with E-state index in [0.717, 1.165) is 11.0 Å². The second kappa shape index (κ2) is 7.87. The molecule has 1 aromatic carbocycles. The second-order valence-corrected chi connectivity index (χ2v) is 8.56. The summed E-state index contributed by atoms with van der Waals surface area (Å²) in [7, 11) is 0. The van der Waals surface area contributed by atoms with Crippen molar-refractivity contribution in [3.63, 3.8) is 0 Å². The number of urea groups is 1. The number of aromatic amines is 1. The molecular formula is C21H17ClFN5O6. The van der Waals surface area contributed by atoms with Gasteiger partial charge in [-0.25, -0.2) is 14.2 Å². The minimum Gasteiger partial charge on any atom is -0.456 e. The standard InChI is InChI=1S/C21H17ClFN5O6/c22-10-4-12-19(27-20(24-12)34-14-7-33-17-13(29)6-32-18(14)17)26-16(10)9-2-1-8(3-11(9)23)28-5-15(30)25-21(28)31/h1-4,13-14,17-18,29H,5-7H2,(H,24,26,27)(H,25,30,31)/t13-,14-,17-,18-/m1/s1. The Morgan fingerprint density at radius 3 is 2.76 bits per heavy atom. The molecule has 0 aliphatic carbocycles. The van der Waals surface area contributed by atoms with Crippen molar-refractivity contribution < 1.29 is 33.3 Å². The van der Waals surface area contributed by atoms with E-state index >= 15 is 0 Å². The smallest absolute Gasteiger partial charge is 0.329 e. The summed E-state index contributed by atoms with van der Waals surface area (Å²) in [5.74, 6) is -1.13. The molecule has 3 N–H and O–H groups in total. The SMILES string of the molecule is O=C1CN(c2ccc(-c3nc4nc(O[C@@H]5CO[C@H]6[C@@H]5OC[C@H]6O)[nH]c4cc3Cl)c(F)c2)C(=O)N1. The monoisotopic (exact) mass is 489 g/mol. The van der Waals surface area contributed by atoms with E-state index in [-0.39, 0.29) is 53.4 Å². The Morgan fingerprint density at radius 1 is 1.18 bits per heavy atom. The van der Waals surface area contributed by atoms with Crippen molar-refractivity contribution in [3.05, 3.63) is 35.1 Å². The Hall–Kier alpha value is -3.32. The number of amides is 3. The molecule has 0 spiro atoms. The average molecular weight is 490 g/mol. The van der Waals surface area contributed by atoms with Crippen LogP contribution in [0.15, 0.2) is 24.3 Å². The van der Waals surface area contributed by atoms with E-state index in [0.29, 0.717) is 5.52 Å². The molecule has 11 nitrogen and oxygen atoms in total. The van der Waals surface area contributed by atoms with Gasteiger partial charge < -0.3 is 24.3 Å². The lowest BCUT2D eigenvalue weighted by molar-refractivity contribution is -0.117. The number of aliphatic hydroxyl groups excluding tert-OH is 1. The number of fused-ring (bicyclic) bond motifs is 2. The molecule has 2 aromatic heterocycles. The fraction of sp³-hybridized carbons (Fsp3) is 0.333. The zero-order valence-corrected chi connectivity index (χ0v) is 18.1. The first-order valence-corrected chi connectivity index (χ1v) is 10.8. The molecule has 0 bridgehead atoms. The summed E-state index contributed by atoms with van der Waals surface area (Å²) in [4.78, 5) is 36.1. The lowest BCUT2D eigenvalue weighted by Crippen LogP contribution is -2.34. The molecule has 3 aliphatic heterocycles. The number of nitrogens with one attached hydrogen (secondary N) is 2. The molecule has 3 amide bonds. The molecule has 176 valence electrons. The molecule has 5 heterocycles. The van der Waals surface area contributed by atoms with Gasteiger partial charge in [-0.15, -0.1) is 0 Å². The Kier molecular flexibility index (Phi) is 4.92. The predicted molar refractivity (Wildman–Crippen MR) is 115 cm³/mol. The van der Waals surface area contributed by atoms with Crippen molar-refractivity contribution >= 4 is 40.4 Å². The van der Waals surface area contributed by atoms with Gasteiger partial charge in [0.15, 0.2) is 11.8 Å². The van der Waals surface area contributed by atoms with Crippen LogP contribution in [0.25, 0.3) is 22.4 Å². The van der Waals surface area contributed by atoms with Crippen molar-refractivity contribution in [1.82, 2.24) is 20.3 Å². The first kappa shape index (κ1) is 21.2. The quantitative estimate of drug-likeness (QED) is 0.467. The van der Waals surface area contributed by atoms with Gasteiger partial charge in [-0.05, 0) is 24.3 Å². The van der Waals surface area contributed by atoms with E-state index in [1.165, 1.54) is 12.1 Å². The van der Waals surface area contributed by atoms with Crippen molar-refractivity contribution in [3.8, 4) is 17.3 Å². The Balaban J connectivity index is 1.27. The molecule has 6 rings (SSSR count). The van der Waals surface area contributed by atoms with E-state index in [9.17, 15) is 19.1 Å². The van der Waals surface area contributed by atoms with E-state index in [1.807, 2.05) is 0 Å². The maximum absolute atomic E-state index is 15.0. The first-order chi connectivity index (χ1) is 16.4. The number of aliphatic hydroxyl groups is 1. The van der Waals surface area contributed by atoms with Gasteiger partial charge in [0, 0.05) is 11.3 Å². The summed E-state index contributed by atoms with van der Waals surface area (Å²) in [5.41, 5.74) is 1.23. The molecule has 3 saturated heterocycles. The van der Waals surface area contributed by atoms with E-state index in [2.05, 4.69) is 20.3 Å². The number of carbonyl (C=O) groups is 2. The van der Waals surface area contributed by atoms with Crippen molar-refractivity contribution in [2.75, 3.05) is 24.7 Å².